The van der Waals surface area contributed by atoms with Crippen molar-refractivity contribution in [3.63, 3.8) is 0 Å². The fourth-order valence-corrected chi connectivity index (χ4v) is 7.49. The smallest absolute Gasteiger partial charge is 0.0900 e. The van der Waals surface area contributed by atoms with Gasteiger partial charge in [0, 0.05) is 28.4 Å². The van der Waals surface area contributed by atoms with Gasteiger partial charge in [0.2, 0.25) is 0 Å². The third kappa shape index (κ3) is 6.02. The number of alkyl halides is 1. The summed E-state index contributed by atoms with van der Waals surface area (Å²) in [5.41, 5.74) is 13.2. The summed E-state index contributed by atoms with van der Waals surface area (Å²) in [6.07, 6.45) is 12.0. The van der Waals surface area contributed by atoms with E-state index in [1.165, 1.54) is 44.8 Å². The third-order valence-corrected chi connectivity index (χ3v) is 10.1. The van der Waals surface area contributed by atoms with Crippen molar-refractivity contribution in [3.8, 4) is 11.1 Å². The monoisotopic (exact) mass is 630 g/mol. The summed E-state index contributed by atoms with van der Waals surface area (Å²) in [5.74, 6) is 0.244. The molecule has 5 aromatic carbocycles. The summed E-state index contributed by atoms with van der Waals surface area (Å²) >= 11 is 0. The molecule has 2 unspecified atom stereocenters. The number of fused-ring (bicyclic) bond motifs is 3. The topological polar surface area (TPSA) is 6.48 Å². The van der Waals surface area contributed by atoms with Gasteiger partial charge in [-0.2, -0.15) is 0 Å². The molecule has 3 heteroatoms. The lowest BCUT2D eigenvalue weighted by Gasteiger charge is -2.42. The fraction of sp³-hybridized carbons (Fsp3) is 0.200. The van der Waals surface area contributed by atoms with Crippen LogP contribution in [-0.2, 0) is 6.42 Å². The van der Waals surface area contributed by atoms with Crippen LogP contribution in [0.4, 0.5) is 32.8 Å². The summed E-state index contributed by atoms with van der Waals surface area (Å²) in [5, 5.41) is 0. The van der Waals surface area contributed by atoms with E-state index in [1.54, 1.807) is 0 Å². The molecule has 0 saturated heterocycles. The van der Waals surface area contributed by atoms with Crippen molar-refractivity contribution < 1.29 is 4.39 Å². The Morgan fingerprint density at radius 1 is 0.750 bits per heavy atom. The highest BCUT2D eigenvalue weighted by molar-refractivity contribution is 5.85. The van der Waals surface area contributed by atoms with Gasteiger partial charge in [0.05, 0.1) is 12.2 Å². The van der Waals surface area contributed by atoms with Crippen LogP contribution >= 0.6 is 0 Å². The SMILES string of the molecule is C=CC1=CCC(C)(N(c2ccccc2)c2ccc3c(c2)Cc2cc(N(c4ccccc4)c4ccc(C(CC)CCF)cc4)ccc2-3)C=C1. The Bertz CT molecular complexity index is 1960. The molecule has 0 aromatic heterocycles. The molecule has 0 saturated carbocycles. The average molecular weight is 631 g/mol. The lowest BCUT2D eigenvalue weighted by Crippen LogP contribution is -2.42. The molecular formula is C45H43FN2. The number of hydrogen-bond acceptors (Lipinski definition) is 2. The van der Waals surface area contributed by atoms with Crippen LogP contribution in [0.5, 0.6) is 0 Å². The zero-order valence-corrected chi connectivity index (χ0v) is 27.9. The maximum Gasteiger partial charge on any atom is 0.0900 e. The van der Waals surface area contributed by atoms with E-state index in [0.717, 1.165) is 36.3 Å². The van der Waals surface area contributed by atoms with E-state index < -0.39 is 0 Å². The highest BCUT2D eigenvalue weighted by Crippen LogP contribution is 2.45. The van der Waals surface area contributed by atoms with Gasteiger partial charge >= 0.3 is 0 Å². The average Bonchev–Trinajstić information content (AvgIpc) is 3.49. The third-order valence-electron chi connectivity index (χ3n) is 10.1. The molecule has 0 amide bonds. The number of benzene rings is 5. The summed E-state index contributed by atoms with van der Waals surface area (Å²) < 4.78 is 13.2. The number of anilines is 5. The second kappa shape index (κ2) is 13.5. The largest absolute Gasteiger partial charge is 0.332 e. The number of hydrogen-bond donors (Lipinski definition) is 0. The molecule has 0 heterocycles. The molecule has 7 rings (SSSR count). The van der Waals surface area contributed by atoms with Gasteiger partial charge in [-0.05, 0) is 133 Å². The molecule has 0 aliphatic heterocycles. The number of para-hydroxylation sites is 2. The van der Waals surface area contributed by atoms with Gasteiger partial charge in [0.25, 0.3) is 0 Å². The predicted molar refractivity (Wildman–Crippen MR) is 202 cm³/mol. The summed E-state index contributed by atoms with van der Waals surface area (Å²) in [6, 6.07) is 43.9. The lowest BCUT2D eigenvalue weighted by molar-refractivity contribution is 0.433. The minimum absolute atomic E-state index is 0.213. The molecule has 5 aromatic rings. The van der Waals surface area contributed by atoms with E-state index in [0.29, 0.717) is 6.42 Å². The predicted octanol–water partition coefficient (Wildman–Crippen LogP) is 12.5. The molecule has 240 valence electrons. The number of allylic oxidation sites excluding steroid dienone is 3. The maximum absolute atomic E-state index is 13.2. The van der Waals surface area contributed by atoms with Gasteiger partial charge in [-0.3, -0.25) is 4.39 Å². The summed E-state index contributed by atoms with van der Waals surface area (Å²) in [7, 11) is 0. The Balaban J connectivity index is 1.23. The molecule has 2 aliphatic carbocycles. The van der Waals surface area contributed by atoms with Gasteiger partial charge < -0.3 is 9.80 Å². The normalized spacial score (nSPS) is 16.9. The van der Waals surface area contributed by atoms with Gasteiger partial charge in [-0.25, -0.2) is 0 Å². The summed E-state index contributed by atoms with van der Waals surface area (Å²) in [6.45, 7) is 8.14. The molecule has 2 nitrogen and oxygen atoms in total. The van der Waals surface area contributed by atoms with E-state index in [-0.39, 0.29) is 18.1 Å². The Labute approximate surface area is 285 Å². The Kier molecular flexibility index (Phi) is 8.86. The van der Waals surface area contributed by atoms with Crippen LogP contribution in [0, 0.1) is 0 Å². The standard InChI is InChI=1S/C45H43FN2/c1-4-33-24-27-45(3,28-25-33)48(40-14-10-7-11-15-40)42-21-23-44-37(32-42)30-36-31-41(20-22-43(36)44)47(38-12-8-6-9-13-38)39-18-16-35(17-19-39)34(5-2)26-29-46/h4,6-25,27,31-32,34H,1,5,26,28-30H2,2-3H3. The maximum atomic E-state index is 13.2. The van der Waals surface area contributed by atoms with Crippen LogP contribution in [0.15, 0.2) is 158 Å². The van der Waals surface area contributed by atoms with Crippen LogP contribution < -0.4 is 9.80 Å². The highest BCUT2D eigenvalue weighted by Gasteiger charge is 2.33. The second-order valence-corrected chi connectivity index (χ2v) is 13.2. The first-order valence-corrected chi connectivity index (χ1v) is 17.2. The molecule has 2 aliphatic rings. The molecule has 0 N–H and O–H groups in total. The van der Waals surface area contributed by atoms with Crippen LogP contribution in [0.25, 0.3) is 11.1 Å². The number of halogens is 1. The van der Waals surface area contributed by atoms with Crippen molar-refractivity contribution in [2.45, 2.75) is 51.0 Å². The lowest BCUT2D eigenvalue weighted by atomic mass is 9.87. The fourth-order valence-electron chi connectivity index (χ4n) is 7.49. The van der Waals surface area contributed by atoms with Crippen molar-refractivity contribution in [2.24, 2.45) is 0 Å². The van der Waals surface area contributed by atoms with Crippen molar-refractivity contribution in [2.75, 3.05) is 16.5 Å². The zero-order chi connectivity index (χ0) is 33.1. The van der Waals surface area contributed by atoms with Crippen molar-refractivity contribution in [1.82, 2.24) is 0 Å². The van der Waals surface area contributed by atoms with Gasteiger partial charge in [0.1, 0.15) is 0 Å². The van der Waals surface area contributed by atoms with Crippen molar-refractivity contribution in [1.29, 1.82) is 0 Å². The first-order chi connectivity index (χ1) is 23.5. The highest BCUT2D eigenvalue weighted by atomic mass is 19.1. The first-order valence-electron chi connectivity index (χ1n) is 17.2. The van der Waals surface area contributed by atoms with Crippen LogP contribution in [0.2, 0.25) is 0 Å². The Morgan fingerprint density at radius 2 is 1.33 bits per heavy atom. The van der Waals surface area contributed by atoms with E-state index >= 15 is 0 Å². The molecule has 48 heavy (non-hydrogen) atoms. The van der Waals surface area contributed by atoms with E-state index in [9.17, 15) is 4.39 Å². The number of nitrogens with zero attached hydrogens (tertiary/aromatic N) is 2. The quantitative estimate of drug-likeness (QED) is 0.141. The van der Waals surface area contributed by atoms with Gasteiger partial charge in [-0.1, -0.05) is 98.5 Å². The van der Waals surface area contributed by atoms with Crippen LogP contribution in [0.1, 0.15) is 55.7 Å². The summed E-state index contributed by atoms with van der Waals surface area (Å²) in [4.78, 5) is 4.80. The molecule has 2 atom stereocenters. The minimum Gasteiger partial charge on any atom is -0.332 e. The Morgan fingerprint density at radius 3 is 1.92 bits per heavy atom. The van der Waals surface area contributed by atoms with Gasteiger partial charge in [0.15, 0.2) is 0 Å². The van der Waals surface area contributed by atoms with E-state index in [2.05, 4.69) is 170 Å². The van der Waals surface area contributed by atoms with Crippen molar-refractivity contribution >= 4 is 28.4 Å². The van der Waals surface area contributed by atoms with Crippen molar-refractivity contribution in [3.05, 3.63) is 174 Å². The number of rotatable bonds is 11. The minimum atomic E-state index is -0.288. The zero-order valence-electron chi connectivity index (χ0n) is 27.9. The van der Waals surface area contributed by atoms with Crippen LogP contribution in [0.3, 0.4) is 0 Å². The first kappa shape index (κ1) is 31.4. The van der Waals surface area contributed by atoms with Gasteiger partial charge in [-0.15, -0.1) is 0 Å². The Hall–Kier alpha value is -5.15. The second-order valence-electron chi connectivity index (χ2n) is 13.2. The van der Waals surface area contributed by atoms with Crippen LogP contribution in [-0.4, -0.2) is 12.2 Å². The van der Waals surface area contributed by atoms with E-state index in [1.807, 2.05) is 6.08 Å². The molecule has 0 spiro atoms. The molecule has 0 bridgehead atoms. The molecular weight excluding hydrogens is 588 g/mol. The molecule has 0 radical (unpaired) electrons. The molecule has 0 fully saturated rings. The van der Waals surface area contributed by atoms with E-state index in [4.69, 9.17) is 0 Å².